The van der Waals surface area contributed by atoms with Crippen LogP contribution in [0.5, 0.6) is 0 Å². The lowest BCUT2D eigenvalue weighted by molar-refractivity contribution is -0.141. The zero-order valence-electron chi connectivity index (χ0n) is 21.0. The van der Waals surface area contributed by atoms with Crippen LogP contribution in [0.4, 0.5) is 0 Å². The van der Waals surface area contributed by atoms with Gasteiger partial charge in [0, 0.05) is 17.0 Å². The molecular weight excluding hydrogens is 450 g/mol. The number of hydrogen-bond acceptors (Lipinski definition) is 5. The first-order valence-corrected chi connectivity index (χ1v) is 12.7. The molecule has 0 bridgehead atoms. The van der Waals surface area contributed by atoms with Crippen molar-refractivity contribution in [3.05, 3.63) is 94.3 Å². The third-order valence-electron chi connectivity index (χ3n) is 6.67. The van der Waals surface area contributed by atoms with E-state index in [9.17, 15) is 9.59 Å². The second kappa shape index (κ2) is 12.3. The van der Waals surface area contributed by atoms with Crippen molar-refractivity contribution in [1.29, 1.82) is 0 Å². The maximum Gasteiger partial charge on any atom is 0.337 e. The van der Waals surface area contributed by atoms with E-state index in [4.69, 9.17) is 9.47 Å². The summed E-state index contributed by atoms with van der Waals surface area (Å²) in [6.07, 6.45) is 5.38. The molecule has 1 aliphatic carbocycles. The van der Waals surface area contributed by atoms with Crippen LogP contribution in [0.3, 0.4) is 0 Å². The van der Waals surface area contributed by atoms with Gasteiger partial charge in [0.2, 0.25) is 0 Å². The van der Waals surface area contributed by atoms with Crippen molar-refractivity contribution >= 4 is 11.9 Å². The molecular formula is C31H33NO4. The lowest BCUT2D eigenvalue weighted by Gasteiger charge is -2.34. The molecule has 5 nitrogen and oxygen atoms in total. The standard InChI is InChI=1S/C31H33NO4/c1-3-35-30(33)27-22(2)32-29(25-17-11-6-12-18-25)28(26(27)20-19-23-13-7-4-8-14-23)31(34)36-21-24-15-9-5-10-16-24/h4-5,7-10,13-16,25-26,32H,3,6,11-12,17-18,21H2,1-2H3/t26-/m1/s1. The number of dihydropyridines is 1. The van der Waals surface area contributed by atoms with Crippen LogP contribution in [0, 0.1) is 23.7 Å². The van der Waals surface area contributed by atoms with Crippen LogP contribution < -0.4 is 5.32 Å². The predicted octanol–water partition coefficient (Wildman–Crippen LogP) is 5.67. The van der Waals surface area contributed by atoms with Crippen molar-refractivity contribution < 1.29 is 19.1 Å². The second-order valence-electron chi connectivity index (χ2n) is 9.18. The smallest absolute Gasteiger partial charge is 0.337 e. The molecule has 2 aromatic rings. The summed E-state index contributed by atoms with van der Waals surface area (Å²) in [5.74, 6) is 4.96. The highest BCUT2D eigenvalue weighted by molar-refractivity contribution is 5.99. The van der Waals surface area contributed by atoms with Crippen LogP contribution in [0.1, 0.15) is 57.1 Å². The molecule has 0 saturated heterocycles. The Morgan fingerprint density at radius 2 is 1.53 bits per heavy atom. The van der Waals surface area contributed by atoms with Gasteiger partial charge in [-0.1, -0.05) is 79.6 Å². The van der Waals surface area contributed by atoms with Crippen LogP contribution in [0.25, 0.3) is 0 Å². The molecule has 1 heterocycles. The first-order chi connectivity index (χ1) is 17.6. The van der Waals surface area contributed by atoms with E-state index in [0.717, 1.165) is 42.5 Å². The van der Waals surface area contributed by atoms with Crippen molar-refractivity contribution in [3.8, 4) is 11.8 Å². The van der Waals surface area contributed by atoms with E-state index in [0.29, 0.717) is 16.8 Å². The highest BCUT2D eigenvalue weighted by Crippen LogP contribution is 2.38. The van der Waals surface area contributed by atoms with Crippen LogP contribution in [0.15, 0.2) is 83.2 Å². The highest BCUT2D eigenvalue weighted by atomic mass is 16.5. The number of ether oxygens (including phenoxy) is 2. The number of carbonyl (C=O) groups is 2. The largest absolute Gasteiger partial charge is 0.463 e. The van der Waals surface area contributed by atoms with Gasteiger partial charge in [-0.15, -0.1) is 0 Å². The molecule has 186 valence electrons. The minimum Gasteiger partial charge on any atom is -0.463 e. The molecule has 1 saturated carbocycles. The Kier molecular flexibility index (Phi) is 8.62. The van der Waals surface area contributed by atoms with E-state index >= 15 is 0 Å². The molecule has 2 aromatic carbocycles. The van der Waals surface area contributed by atoms with Crippen LogP contribution in [-0.4, -0.2) is 18.5 Å². The Labute approximate surface area is 213 Å². The average molecular weight is 484 g/mol. The van der Waals surface area contributed by atoms with Gasteiger partial charge in [-0.3, -0.25) is 0 Å². The number of rotatable bonds is 6. The molecule has 1 atom stereocenters. The third kappa shape index (κ3) is 6.07. The molecule has 0 aromatic heterocycles. The third-order valence-corrected chi connectivity index (χ3v) is 6.67. The van der Waals surface area contributed by atoms with Crippen molar-refractivity contribution in [2.45, 2.75) is 52.6 Å². The number of benzene rings is 2. The summed E-state index contributed by atoms with van der Waals surface area (Å²) >= 11 is 0. The van der Waals surface area contributed by atoms with Crippen LogP contribution in [0.2, 0.25) is 0 Å². The maximum atomic E-state index is 13.7. The Bertz CT molecular complexity index is 1200. The molecule has 0 radical (unpaired) electrons. The zero-order valence-corrected chi connectivity index (χ0v) is 21.0. The molecule has 1 aliphatic heterocycles. The van der Waals surface area contributed by atoms with Gasteiger partial charge in [0.1, 0.15) is 6.61 Å². The van der Waals surface area contributed by atoms with Crippen LogP contribution in [-0.2, 0) is 25.7 Å². The first kappa shape index (κ1) is 25.3. The average Bonchev–Trinajstić information content (AvgIpc) is 2.92. The van der Waals surface area contributed by atoms with Crippen molar-refractivity contribution in [3.63, 3.8) is 0 Å². The first-order valence-electron chi connectivity index (χ1n) is 12.7. The van der Waals surface area contributed by atoms with E-state index in [1.165, 1.54) is 6.42 Å². The van der Waals surface area contributed by atoms with Gasteiger partial charge in [-0.2, -0.15) is 0 Å². The van der Waals surface area contributed by atoms with Gasteiger partial charge in [0.05, 0.1) is 23.7 Å². The molecule has 1 fully saturated rings. The SMILES string of the molecule is CCOC(=O)C1=C(C)NC(C2CCCCC2)=C(C(=O)OCc2ccccc2)[C@@H]1C#Cc1ccccc1. The highest BCUT2D eigenvalue weighted by Gasteiger charge is 2.39. The quantitative estimate of drug-likeness (QED) is 0.424. The molecule has 0 amide bonds. The summed E-state index contributed by atoms with van der Waals surface area (Å²) in [6, 6.07) is 19.2. The normalized spacial score (nSPS) is 18.1. The van der Waals surface area contributed by atoms with Gasteiger partial charge < -0.3 is 14.8 Å². The minimum absolute atomic E-state index is 0.150. The monoisotopic (exact) mass is 483 g/mol. The molecule has 0 unspecified atom stereocenters. The Hall–Kier alpha value is -3.78. The van der Waals surface area contributed by atoms with E-state index in [2.05, 4.69) is 17.2 Å². The Morgan fingerprint density at radius 1 is 0.889 bits per heavy atom. The molecule has 1 N–H and O–H groups in total. The topological polar surface area (TPSA) is 64.6 Å². The number of allylic oxidation sites excluding steroid dienone is 2. The minimum atomic E-state index is -0.745. The van der Waals surface area contributed by atoms with E-state index in [-0.39, 0.29) is 19.1 Å². The summed E-state index contributed by atoms with van der Waals surface area (Å²) in [5, 5.41) is 3.42. The summed E-state index contributed by atoms with van der Waals surface area (Å²) in [4.78, 5) is 26.8. The van der Waals surface area contributed by atoms with Crippen molar-refractivity contribution in [2.75, 3.05) is 6.61 Å². The van der Waals surface area contributed by atoms with Gasteiger partial charge in [0.15, 0.2) is 0 Å². The summed E-state index contributed by atoms with van der Waals surface area (Å²) in [5.41, 5.74) is 4.03. The van der Waals surface area contributed by atoms with E-state index < -0.39 is 17.9 Å². The second-order valence-corrected chi connectivity index (χ2v) is 9.18. The van der Waals surface area contributed by atoms with Gasteiger partial charge in [-0.25, -0.2) is 9.59 Å². The van der Waals surface area contributed by atoms with Crippen molar-refractivity contribution in [2.24, 2.45) is 11.8 Å². The molecule has 5 heteroatoms. The summed E-state index contributed by atoms with van der Waals surface area (Å²) in [6.45, 7) is 4.02. The number of carbonyl (C=O) groups excluding carboxylic acids is 2. The fourth-order valence-electron chi connectivity index (χ4n) is 4.90. The van der Waals surface area contributed by atoms with Gasteiger partial charge >= 0.3 is 11.9 Å². The number of hydrogen-bond donors (Lipinski definition) is 1. The van der Waals surface area contributed by atoms with E-state index in [1.807, 2.05) is 67.6 Å². The Balaban J connectivity index is 1.78. The molecule has 0 spiro atoms. The number of esters is 2. The van der Waals surface area contributed by atoms with Gasteiger partial charge in [-0.05, 0) is 50.3 Å². The zero-order chi connectivity index (χ0) is 25.3. The summed E-state index contributed by atoms with van der Waals surface area (Å²) < 4.78 is 11.2. The molecule has 36 heavy (non-hydrogen) atoms. The van der Waals surface area contributed by atoms with Crippen LogP contribution >= 0.6 is 0 Å². The Morgan fingerprint density at radius 3 is 2.19 bits per heavy atom. The van der Waals surface area contributed by atoms with E-state index in [1.54, 1.807) is 6.92 Å². The lowest BCUT2D eigenvalue weighted by atomic mass is 9.78. The fourth-order valence-corrected chi connectivity index (χ4v) is 4.90. The summed E-state index contributed by atoms with van der Waals surface area (Å²) in [7, 11) is 0. The molecule has 2 aliphatic rings. The predicted molar refractivity (Wildman–Crippen MR) is 139 cm³/mol. The van der Waals surface area contributed by atoms with Crippen molar-refractivity contribution in [1.82, 2.24) is 5.32 Å². The fraction of sp³-hybridized carbons (Fsp3) is 0.355. The number of nitrogens with one attached hydrogen (secondary N) is 1. The molecule has 4 rings (SSSR count). The maximum absolute atomic E-state index is 13.7. The lowest BCUT2D eigenvalue weighted by Crippen LogP contribution is -2.36. The van der Waals surface area contributed by atoms with Gasteiger partial charge in [0.25, 0.3) is 0 Å².